The summed E-state index contributed by atoms with van der Waals surface area (Å²) in [6.07, 6.45) is 9.99. The fourth-order valence-corrected chi connectivity index (χ4v) is 3.21. The average molecular weight is 397 g/mol. The van der Waals surface area contributed by atoms with Gasteiger partial charge in [0.15, 0.2) is 0 Å². The van der Waals surface area contributed by atoms with Crippen molar-refractivity contribution in [2.45, 2.75) is 52.4 Å². The largest absolute Gasteiger partial charge is 0.478 e. The van der Waals surface area contributed by atoms with Crippen molar-refractivity contribution in [3.05, 3.63) is 48.1 Å². The van der Waals surface area contributed by atoms with Crippen molar-refractivity contribution in [1.82, 2.24) is 0 Å². The van der Waals surface area contributed by atoms with Crippen molar-refractivity contribution in [2.75, 3.05) is 13.7 Å². The number of methoxy groups -OCH3 is 1. The molecule has 0 aromatic heterocycles. The first-order valence-corrected chi connectivity index (χ1v) is 9.58. The minimum atomic E-state index is -0.998. The molecule has 0 aromatic rings. The molecule has 6 atom stereocenters. The minimum Gasteiger partial charge on any atom is -0.478 e. The Bertz CT molecular complexity index is 563. The van der Waals surface area contributed by atoms with Crippen LogP contribution in [0.5, 0.6) is 0 Å². The molecule has 0 saturated heterocycles. The highest BCUT2D eigenvalue weighted by Crippen LogP contribution is 2.27. The second-order valence-corrected chi connectivity index (χ2v) is 7.14. The maximum Gasteiger partial charge on any atom is 0.328 e. The lowest BCUT2D eigenvalue weighted by Crippen LogP contribution is -2.42. The van der Waals surface area contributed by atoms with E-state index in [0.29, 0.717) is 6.42 Å². The highest BCUT2D eigenvalue weighted by molar-refractivity contribution is 5.80. The van der Waals surface area contributed by atoms with E-state index < -0.39 is 18.2 Å². The van der Waals surface area contributed by atoms with Gasteiger partial charge in [-0.2, -0.15) is 0 Å². The molecule has 0 aliphatic rings. The third-order valence-electron chi connectivity index (χ3n) is 4.93. The monoisotopic (exact) mass is 396 g/mol. The zero-order valence-corrected chi connectivity index (χ0v) is 17.5. The Morgan fingerprint density at radius 1 is 1.04 bits per heavy atom. The van der Waals surface area contributed by atoms with Gasteiger partial charge in [0.25, 0.3) is 0 Å². The molecule has 6 nitrogen and oxygen atoms in total. The first-order chi connectivity index (χ1) is 13.2. The number of aliphatic carboxylic acids is 1. The summed E-state index contributed by atoms with van der Waals surface area (Å²) in [6.45, 7) is 7.48. The van der Waals surface area contributed by atoms with E-state index in [-0.39, 0.29) is 30.5 Å². The van der Waals surface area contributed by atoms with Crippen LogP contribution in [0.4, 0.5) is 0 Å². The van der Waals surface area contributed by atoms with E-state index in [1.807, 2.05) is 26.0 Å². The lowest BCUT2D eigenvalue weighted by atomic mass is 9.80. The minimum absolute atomic E-state index is 0.00174. The maximum atomic E-state index is 10.8. The van der Waals surface area contributed by atoms with Gasteiger partial charge in [-0.1, -0.05) is 57.2 Å². The number of carbonyl (C=O) groups is 1. The van der Waals surface area contributed by atoms with Crippen LogP contribution in [0.2, 0.25) is 0 Å². The van der Waals surface area contributed by atoms with Gasteiger partial charge in [-0.25, -0.2) is 4.79 Å². The van der Waals surface area contributed by atoms with Gasteiger partial charge < -0.3 is 25.2 Å². The number of hydrogen-bond donors (Lipinski definition) is 4. The summed E-state index contributed by atoms with van der Waals surface area (Å²) in [4.78, 5) is 10.4. The van der Waals surface area contributed by atoms with Crippen LogP contribution in [-0.4, -0.2) is 58.4 Å². The van der Waals surface area contributed by atoms with E-state index in [4.69, 9.17) is 14.9 Å². The summed E-state index contributed by atoms with van der Waals surface area (Å²) in [6, 6.07) is 0. The predicted molar refractivity (Wildman–Crippen MR) is 111 cm³/mol. The van der Waals surface area contributed by atoms with Gasteiger partial charge in [-0.05, 0) is 18.9 Å². The number of aliphatic hydroxyl groups is 3. The van der Waals surface area contributed by atoms with Crippen LogP contribution in [0.3, 0.4) is 0 Å². The fourth-order valence-electron chi connectivity index (χ4n) is 3.21. The molecule has 0 bridgehead atoms. The molecule has 0 aliphatic carbocycles. The van der Waals surface area contributed by atoms with Crippen LogP contribution < -0.4 is 0 Å². The van der Waals surface area contributed by atoms with Crippen LogP contribution in [0.1, 0.15) is 34.1 Å². The fraction of sp³-hybridized carbons (Fsp3) is 0.591. The number of aliphatic hydroxyl groups excluding tert-OH is 3. The molecule has 6 heteroatoms. The average Bonchev–Trinajstić information content (AvgIpc) is 2.66. The second-order valence-electron chi connectivity index (χ2n) is 7.14. The van der Waals surface area contributed by atoms with Gasteiger partial charge in [-0.15, -0.1) is 0 Å². The summed E-state index contributed by atoms with van der Waals surface area (Å²) < 4.78 is 5.60. The smallest absolute Gasteiger partial charge is 0.328 e. The summed E-state index contributed by atoms with van der Waals surface area (Å²) in [7, 11) is 1.59. The summed E-state index contributed by atoms with van der Waals surface area (Å²) in [5, 5.41) is 38.7. The Balaban J connectivity index is 4.98. The molecule has 4 N–H and O–H groups in total. The van der Waals surface area contributed by atoms with Crippen LogP contribution in [0.25, 0.3) is 0 Å². The van der Waals surface area contributed by atoms with E-state index in [1.54, 1.807) is 39.2 Å². The van der Waals surface area contributed by atoms with Gasteiger partial charge in [-0.3, -0.25) is 0 Å². The topological polar surface area (TPSA) is 107 Å². The number of rotatable bonds is 13. The third-order valence-corrected chi connectivity index (χ3v) is 4.93. The standard InChI is InChI=1S/C22H36O6/c1-15(12-10-14-23)20(26)17(3)21(27)18(4)22(28-5)16(2)11-8-6-7-9-13-19(24)25/h6-9,11-13,16-18,20-23,26-27H,10,14H2,1-5H3,(H,24,25)/b7-6+,11-8+,13-9+,15-12+. The summed E-state index contributed by atoms with van der Waals surface area (Å²) >= 11 is 0. The Hall–Kier alpha value is -1.73. The van der Waals surface area contributed by atoms with E-state index in [2.05, 4.69) is 0 Å². The highest BCUT2D eigenvalue weighted by Gasteiger charge is 2.34. The van der Waals surface area contributed by atoms with Crippen molar-refractivity contribution in [2.24, 2.45) is 17.8 Å². The highest BCUT2D eigenvalue weighted by atomic mass is 16.5. The zero-order chi connectivity index (χ0) is 21.7. The van der Waals surface area contributed by atoms with E-state index in [1.165, 1.54) is 6.08 Å². The van der Waals surface area contributed by atoms with E-state index in [9.17, 15) is 15.0 Å². The molecular weight excluding hydrogens is 360 g/mol. The molecule has 160 valence electrons. The number of allylic oxidation sites excluding steroid dienone is 4. The first-order valence-electron chi connectivity index (χ1n) is 9.58. The SMILES string of the molecule is COC(C(C)/C=C/C=C/C=C/C(=O)O)C(C)C(O)C(C)C(O)/C(C)=C/CCO. The molecule has 0 radical (unpaired) electrons. The summed E-state index contributed by atoms with van der Waals surface area (Å²) in [5.74, 6) is -1.62. The Morgan fingerprint density at radius 2 is 1.64 bits per heavy atom. The van der Waals surface area contributed by atoms with E-state index in [0.717, 1.165) is 11.6 Å². The number of carboxylic acid groups (broad SMARTS) is 1. The van der Waals surface area contributed by atoms with Crippen LogP contribution in [-0.2, 0) is 9.53 Å². The molecule has 0 rings (SSSR count). The molecule has 0 fully saturated rings. The number of hydrogen-bond acceptors (Lipinski definition) is 5. The van der Waals surface area contributed by atoms with Crippen molar-refractivity contribution < 1.29 is 30.0 Å². The summed E-state index contributed by atoms with van der Waals surface area (Å²) in [5.41, 5.74) is 0.731. The van der Waals surface area contributed by atoms with Crippen molar-refractivity contribution in [1.29, 1.82) is 0 Å². The van der Waals surface area contributed by atoms with Crippen molar-refractivity contribution in [3.63, 3.8) is 0 Å². The number of carboxylic acids is 1. The maximum absolute atomic E-state index is 10.8. The molecular formula is C22H36O6. The predicted octanol–water partition coefficient (Wildman–Crippen LogP) is 2.71. The zero-order valence-electron chi connectivity index (χ0n) is 17.5. The molecule has 0 aliphatic heterocycles. The van der Waals surface area contributed by atoms with Gasteiger partial charge in [0.2, 0.25) is 0 Å². The molecule has 0 amide bonds. The van der Waals surface area contributed by atoms with Gasteiger partial charge >= 0.3 is 5.97 Å². The van der Waals surface area contributed by atoms with Crippen molar-refractivity contribution >= 4 is 5.97 Å². The van der Waals surface area contributed by atoms with Gasteiger partial charge in [0, 0.05) is 37.5 Å². The quantitative estimate of drug-likeness (QED) is 0.217. The van der Waals surface area contributed by atoms with Crippen LogP contribution >= 0.6 is 0 Å². The Kier molecular flexibility index (Phi) is 13.4. The Morgan fingerprint density at radius 3 is 2.18 bits per heavy atom. The van der Waals surface area contributed by atoms with Gasteiger partial charge in [0.1, 0.15) is 0 Å². The second kappa shape index (κ2) is 14.3. The first kappa shape index (κ1) is 26.3. The van der Waals surface area contributed by atoms with Gasteiger partial charge in [0.05, 0.1) is 18.3 Å². The van der Waals surface area contributed by atoms with Crippen LogP contribution in [0.15, 0.2) is 48.1 Å². The molecule has 0 saturated carbocycles. The molecule has 0 heterocycles. The van der Waals surface area contributed by atoms with E-state index >= 15 is 0 Å². The Labute approximate surface area is 168 Å². The normalized spacial score (nSPS) is 19.8. The molecule has 28 heavy (non-hydrogen) atoms. The van der Waals surface area contributed by atoms with Crippen molar-refractivity contribution in [3.8, 4) is 0 Å². The lowest BCUT2D eigenvalue weighted by Gasteiger charge is -2.35. The molecule has 0 spiro atoms. The third kappa shape index (κ3) is 9.46. The van der Waals surface area contributed by atoms with Crippen LogP contribution in [0, 0.1) is 17.8 Å². The molecule has 6 unspecified atom stereocenters. The molecule has 0 aromatic carbocycles. The lowest BCUT2D eigenvalue weighted by molar-refractivity contribution is -0.131. The number of ether oxygens (including phenoxy) is 1.